The largest absolute Gasteiger partial charge is 0.458 e. The molecule has 1 saturated heterocycles. The van der Waals surface area contributed by atoms with E-state index >= 15 is 0 Å². The fourth-order valence-electron chi connectivity index (χ4n) is 2.67. The molecule has 0 unspecified atom stereocenters. The van der Waals surface area contributed by atoms with Crippen LogP contribution < -0.4 is 5.56 Å². The minimum Gasteiger partial charge on any atom is -0.458 e. The molecule has 2 aromatic rings. The number of aryl methyl sites for hydroxylation is 1. The molecular formula is C14H17BrN2O2. The second kappa shape index (κ2) is 5.13. The van der Waals surface area contributed by atoms with Gasteiger partial charge in [0.15, 0.2) is 5.58 Å². The number of halogens is 1. The molecule has 0 N–H and O–H groups in total. The van der Waals surface area contributed by atoms with E-state index in [1.54, 1.807) is 17.8 Å². The van der Waals surface area contributed by atoms with Crippen molar-refractivity contribution in [1.82, 2.24) is 9.47 Å². The number of fused-ring (bicyclic) bond motifs is 1. The maximum atomic E-state index is 12.1. The lowest BCUT2D eigenvalue weighted by Gasteiger charge is -2.25. The lowest BCUT2D eigenvalue weighted by Crippen LogP contribution is -2.28. The number of rotatable bonds is 2. The van der Waals surface area contributed by atoms with Gasteiger partial charge in [0.2, 0.25) is 0 Å². The van der Waals surface area contributed by atoms with Gasteiger partial charge >= 0.3 is 0 Å². The second-order valence-electron chi connectivity index (χ2n) is 5.19. The summed E-state index contributed by atoms with van der Waals surface area (Å²) in [5.41, 5.74) is 0.655. The molecule has 0 spiro atoms. The van der Waals surface area contributed by atoms with Gasteiger partial charge in [-0.1, -0.05) is 6.42 Å². The van der Waals surface area contributed by atoms with Gasteiger partial charge < -0.3 is 8.98 Å². The standard InChI is InChI=1S/C14H17BrN2O2/c1-16-9-12(15)13-11(14(16)18)7-10(19-13)8-17-5-3-2-4-6-17/h7,9H,2-6,8H2,1H3. The summed E-state index contributed by atoms with van der Waals surface area (Å²) in [7, 11) is 1.75. The molecule has 1 aliphatic heterocycles. The van der Waals surface area contributed by atoms with E-state index in [1.807, 2.05) is 6.07 Å². The molecule has 0 bridgehead atoms. The van der Waals surface area contributed by atoms with Gasteiger partial charge in [0.25, 0.3) is 5.56 Å². The Labute approximate surface area is 120 Å². The number of piperidine rings is 1. The Hall–Kier alpha value is -1.07. The molecule has 5 heteroatoms. The van der Waals surface area contributed by atoms with Crippen LogP contribution >= 0.6 is 15.9 Å². The van der Waals surface area contributed by atoms with Crippen LogP contribution in [-0.2, 0) is 13.6 Å². The van der Waals surface area contributed by atoms with Crippen LogP contribution in [0.25, 0.3) is 11.0 Å². The van der Waals surface area contributed by atoms with Gasteiger partial charge in [-0.05, 0) is 47.9 Å². The highest BCUT2D eigenvalue weighted by Crippen LogP contribution is 2.25. The molecular weight excluding hydrogens is 308 g/mol. The van der Waals surface area contributed by atoms with Crippen LogP contribution in [0, 0.1) is 0 Å². The Bertz CT molecular complexity index is 653. The zero-order valence-electron chi connectivity index (χ0n) is 11.0. The lowest BCUT2D eigenvalue weighted by molar-refractivity contribution is 0.207. The van der Waals surface area contributed by atoms with Gasteiger partial charge in [-0.3, -0.25) is 9.69 Å². The van der Waals surface area contributed by atoms with E-state index in [-0.39, 0.29) is 5.56 Å². The predicted octanol–water partition coefficient (Wildman–Crippen LogP) is 2.88. The molecule has 1 fully saturated rings. The molecule has 3 heterocycles. The van der Waals surface area contributed by atoms with Gasteiger partial charge in [0.1, 0.15) is 5.76 Å². The highest BCUT2D eigenvalue weighted by molar-refractivity contribution is 9.10. The molecule has 4 nitrogen and oxygen atoms in total. The molecule has 0 aliphatic carbocycles. The molecule has 1 aliphatic rings. The Morgan fingerprint density at radius 1 is 1.32 bits per heavy atom. The third-order valence-electron chi connectivity index (χ3n) is 3.69. The lowest BCUT2D eigenvalue weighted by atomic mass is 10.1. The molecule has 0 atom stereocenters. The average molecular weight is 325 g/mol. The highest BCUT2D eigenvalue weighted by Gasteiger charge is 2.16. The van der Waals surface area contributed by atoms with Crippen molar-refractivity contribution in [2.24, 2.45) is 7.05 Å². The zero-order chi connectivity index (χ0) is 13.4. The quantitative estimate of drug-likeness (QED) is 0.852. The summed E-state index contributed by atoms with van der Waals surface area (Å²) in [5, 5.41) is 0.656. The normalized spacial score (nSPS) is 17.2. The minimum absolute atomic E-state index is 0.00755. The maximum absolute atomic E-state index is 12.1. The van der Waals surface area contributed by atoms with Gasteiger partial charge in [0.05, 0.1) is 16.4 Å². The Morgan fingerprint density at radius 2 is 2.05 bits per heavy atom. The van der Waals surface area contributed by atoms with Gasteiger partial charge in [-0.25, -0.2) is 0 Å². The van der Waals surface area contributed by atoms with Crippen molar-refractivity contribution in [3.63, 3.8) is 0 Å². The minimum atomic E-state index is -0.00755. The molecule has 0 saturated carbocycles. The highest BCUT2D eigenvalue weighted by atomic mass is 79.9. The first-order chi connectivity index (χ1) is 9.15. The zero-order valence-corrected chi connectivity index (χ0v) is 12.6. The smallest absolute Gasteiger partial charge is 0.261 e. The number of furan rings is 1. The van der Waals surface area contributed by atoms with Crippen molar-refractivity contribution in [2.75, 3.05) is 13.1 Å². The predicted molar refractivity (Wildman–Crippen MR) is 78.3 cm³/mol. The van der Waals surface area contributed by atoms with Crippen molar-refractivity contribution in [3.8, 4) is 0 Å². The first-order valence-corrected chi connectivity index (χ1v) is 7.44. The Morgan fingerprint density at radius 3 is 2.79 bits per heavy atom. The molecule has 3 rings (SSSR count). The van der Waals surface area contributed by atoms with Crippen LogP contribution in [0.3, 0.4) is 0 Å². The van der Waals surface area contributed by atoms with E-state index in [9.17, 15) is 4.79 Å². The first kappa shape index (κ1) is 12.9. The van der Waals surface area contributed by atoms with Crippen molar-refractivity contribution in [2.45, 2.75) is 25.8 Å². The van der Waals surface area contributed by atoms with Crippen molar-refractivity contribution in [1.29, 1.82) is 0 Å². The Kier molecular flexibility index (Phi) is 3.50. The number of nitrogens with zero attached hydrogens (tertiary/aromatic N) is 2. The van der Waals surface area contributed by atoms with Gasteiger partial charge in [0, 0.05) is 13.2 Å². The summed E-state index contributed by atoms with van der Waals surface area (Å²) in [6.45, 7) is 3.04. The van der Waals surface area contributed by atoms with Gasteiger partial charge in [-0.2, -0.15) is 0 Å². The summed E-state index contributed by atoms with van der Waals surface area (Å²) >= 11 is 3.45. The number of hydrogen-bond acceptors (Lipinski definition) is 3. The fourth-order valence-corrected chi connectivity index (χ4v) is 3.27. The molecule has 0 amide bonds. The number of pyridine rings is 1. The second-order valence-corrected chi connectivity index (χ2v) is 6.04. The van der Waals surface area contributed by atoms with Crippen LogP contribution in [0.4, 0.5) is 0 Å². The van der Waals surface area contributed by atoms with Crippen LogP contribution in [0.5, 0.6) is 0 Å². The summed E-state index contributed by atoms with van der Waals surface area (Å²) in [6.07, 6.45) is 5.58. The monoisotopic (exact) mass is 324 g/mol. The van der Waals surface area contributed by atoms with Crippen LogP contribution in [0.2, 0.25) is 0 Å². The van der Waals surface area contributed by atoms with Gasteiger partial charge in [-0.15, -0.1) is 0 Å². The summed E-state index contributed by atoms with van der Waals surface area (Å²) < 4.78 is 8.24. The Balaban J connectivity index is 1.95. The van der Waals surface area contributed by atoms with Crippen molar-refractivity contribution >= 4 is 26.9 Å². The van der Waals surface area contributed by atoms with Crippen molar-refractivity contribution < 1.29 is 4.42 Å². The number of likely N-dealkylation sites (tertiary alicyclic amines) is 1. The maximum Gasteiger partial charge on any atom is 0.261 e. The SMILES string of the molecule is Cn1cc(Br)c2oc(CN3CCCCC3)cc2c1=O. The molecule has 0 aromatic carbocycles. The fraction of sp³-hybridized carbons (Fsp3) is 0.500. The average Bonchev–Trinajstić information content (AvgIpc) is 2.82. The van der Waals surface area contributed by atoms with E-state index in [2.05, 4.69) is 20.8 Å². The van der Waals surface area contributed by atoms with E-state index in [1.165, 1.54) is 19.3 Å². The summed E-state index contributed by atoms with van der Waals surface area (Å²) in [5.74, 6) is 0.876. The summed E-state index contributed by atoms with van der Waals surface area (Å²) in [6, 6.07) is 1.89. The van der Waals surface area contributed by atoms with Crippen LogP contribution in [0.15, 0.2) is 25.9 Å². The first-order valence-electron chi connectivity index (χ1n) is 6.65. The van der Waals surface area contributed by atoms with Crippen LogP contribution in [0.1, 0.15) is 25.0 Å². The molecule has 2 aromatic heterocycles. The third kappa shape index (κ3) is 2.49. The van der Waals surface area contributed by atoms with E-state index in [0.717, 1.165) is 29.9 Å². The van der Waals surface area contributed by atoms with Crippen LogP contribution in [-0.4, -0.2) is 22.6 Å². The number of aromatic nitrogens is 1. The molecule has 0 radical (unpaired) electrons. The number of hydrogen-bond donors (Lipinski definition) is 0. The van der Waals surface area contributed by atoms with E-state index in [4.69, 9.17) is 4.42 Å². The third-order valence-corrected chi connectivity index (χ3v) is 4.25. The van der Waals surface area contributed by atoms with E-state index in [0.29, 0.717) is 11.0 Å². The molecule has 19 heavy (non-hydrogen) atoms. The topological polar surface area (TPSA) is 38.4 Å². The molecule has 102 valence electrons. The van der Waals surface area contributed by atoms with Crippen molar-refractivity contribution in [3.05, 3.63) is 32.8 Å². The summed E-state index contributed by atoms with van der Waals surface area (Å²) in [4.78, 5) is 14.4. The van der Waals surface area contributed by atoms with E-state index < -0.39 is 0 Å².